The minimum atomic E-state index is -3.57. The number of hydrogen-bond donors (Lipinski definition) is 3. The first-order valence-electron chi connectivity index (χ1n) is 8.29. The molecular formula is C19H21N3O3S. The Morgan fingerprint density at radius 1 is 0.962 bits per heavy atom. The maximum Gasteiger partial charge on any atom is 0.267 e. The lowest BCUT2D eigenvalue weighted by molar-refractivity contribution is 0.0950. The summed E-state index contributed by atoms with van der Waals surface area (Å²) in [6, 6.07) is 14.3. The van der Waals surface area contributed by atoms with Gasteiger partial charge in [0.1, 0.15) is 5.69 Å². The van der Waals surface area contributed by atoms with Crippen molar-refractivity contribution < 1.29 is 13.2 Å². The number of sulfonamides is 1. The van der Waals surface area contributed by atoms with Crippen molar-refractivity contribution in [1.82, 2.24) is 15.0 Å². The molecule has 0 saturated heterocycles. The monoisotopic (exact) mass is 371 g/mol. The molecule has 0 atom stereocenters. The summed E-state index contributed by atoms with van der Waals surface area (Å²) in [7, 11) is -3.57. The molecule has 1 heterocycles. The van der Waals surface area contributed by atoms with Crippen molar-refractivity contribution in [2.45, 2.75) is 18.7 Å². The lowest BCUT2D eigenvalue weighted by Gasteiger charge is -2.08. The zero-order valence-electron chi connectivity index (χ0n) is 14.7. The van der Waals surface area contributed by atoms with Crippen molar-refractivity contribution >= 4 is 26.8 Å². The number of carbonyl (C=O) groups is 1. The summed E-state index contributed by atoms with van der Waals surface area (Å²) in [6.45, 7) is 4.19. The third-order valence-corrected chi connectivity index (χ3v) is 5.53. The molecule has 0 bridgehead atoms. The van der Waals surface area contributed by atoms with Crippen LogP contribution in [0.1, 0.15) is 21.6 Å². The van der Waals surface area contributed by atoms with E-state index in [0.29, 0.717) is 5.69 Å². The molecule has 7 heteroatoms. The van der Waals surface area contributed by atoms with Gasteiger partial charge in [0.15, 0.2) is 0 Å². The Kier molecular flexibility index (Phi) is 5.11. The van der Waals surface area contributed by atoms with Gasteiger partial charge >= 0.3 is 0 Å². The van der Waals surface area contributed by atoms with Crippen LogP contribution >= 0.6 is 0 Å². The number of aryl methyl sites for hydroxylation is 2. The predicted octanol–water partition coefficient (Wildman–Crippen LogP) is 2.49. The van der Waals surface area contributed by atoms with E-state index in [2.05, 4.69) is 15.0 Å². The summed E-state index contributed by atoms with van der Waals surface area (Å²) in [5.74, 6) is -0.270. The summed E-state index contributed by atoms with van der Waals surface area (Å²) < 4.78 is 26.8. The van der Waals surface area contributed by atoms with Gasteiger partial charge in [-0.05, 0) is 43.7 Å². The maximum absolute atomic E-state index is 12.2. The zero-order valence-corrected chi connectivity index (χ0v) is 15.5. The second-order valence-corrected chi connectivity index (χ2v) is 8.01. The number of aromatic amines is 1. The van der Waals surface area contributed by atoms with Crippen LogP contribution in [-0.2, 0) is 10.0 Å². The van der Waals surface area contributed by atoms with Gasteiger partial charge in [0, 0.05) is 24.0 Å². The van der Waals surface area contributed by atoms with Crippen molar-refractivity contribution in [2.24, 2.45) is 0 Å². The molecule has 0 aliphatic heterocycles. The lowest BCUT2D eigenvalue weighted by atomic mass is 10.2. The number of fused-ring (bicyclic) bond motifs is 1. The van der Waals surface area contributed by atoms with E-state index in [1.165, 1.54) is 0 Å². The van der Waals surface area contributed by atoms with Gasteiger partial charge in [0.05, 0.1) is 4.90 Å². The van der Waals surface area contributed by atoms with Crippen molar-refractivity contribution in [3.05, 3.63) is 65.4 Å². The van der Waals surface area contributed by atoms with Crippen LogP contribution in [0, 0.1) is 13.8 Å². The first-order valence-corrected chi connectivity index (χ1v) is 9.77. The van der Waals surface area contributed by atoms with Gasteiger partial charge in [-0.3, -0.25) is 4.79 Å². The molecule has 6 nitrogen and oxygen atoms in total. The fraction of sp³-hybridized carbons (Fsp3) is 0.211. The minimum absolute atomic E-state index is 0.112. The fourth-order valence-corrected chi connectivity index (χ4v) is 3.65. The second kappa shape index (κ2) is 7.31. The molecule has 1 aromatic heterocycles. The fourth-order valence-electron chi connectivity index (χ4n) is 2.62. The summed E-state index contributed by atoms with van der Waals surface area (Å²) in [5.41, 5.74) is 3.45. The van der Waals surface area contributed by atoms with Gasteiger partial charge in [0.25, 0.3) is 5.91 Å². The third-order valence-electron chi connectivity index (χ3n) is 4.06. The average Bonchev–Trinajstić information content (AvgIpc) is 3.02. The van der Waals surface area contributed by atoms with Crippen LogP contribution in [0.4, 0.5) is 0 Å². The summed E-state index contributed by atoms with van der Waals surface area (Å²) in [5, 5.41) is 3.67. The molecule has 3 rings (SSSR count). The van der Waals surface area contributed by atoms with Gasteiger partial charge in [0.2, 0.25) is 10.0 Å². The van der Waals surface area contributed by atoms with Crippen LogP contribution < -0.4 is 10.0 Å². The molecule has 0 aliphatic rings. The van der Waals surface area contributed by atoms with Crippen molar-refractivity contribution in [1.29, 1.82) is 0 Å². The maximum atomic E-state index is 12.2. The SMILES string of the molecule is Cc1ccc(S(=O)(=O)NCCNC(=O)c2cc3ccc(C)cc3[nH]2)cc1. The molecule has 0 spiro atoms. The molecule has 3 aromatic rings. The number of amides is 1. The number of carbonyl (C=O) groups excluding carboxylic acids is 1. The van der Waals surface area contributed by atoms with E-state index in [1.54, 1.807) is 30.3 Å². The molecule has 0 saturated carbocycles. The van der Waals surface area contributed by atoms with E-state index in [0.717, 1.165) is 22.0 Å². The number of aromatic nitrogens is 1. The van der Waals surface area contributed by atoms with E-state index in [1.807, 2.05) is 32.0 Å². The molecular weight excluding hydrogens is 350 g/mol. The normalized spacial score (nSPS) is 11.6. The van der Waals surface area contributed by atoms with Gasteiger partial charge in [-0.2, -0.15) is 0 Å². The molecule has 136 valence electrons. The quantitative estimate of drug-likeness (QED) is 0.582. The van der Waals surface area contributed by atoms with Crippen molar-refractivity contribution in [3.63, 3.8) is 0 Å². The van der Waals surface area contributed by atoms with E-state index in [4.69, 9.17) is 0 Å². The highest BCUT2D eigenvalue weighted by molar-refractivity contribution is 7.89. The molecule has 0 unspecified atom stereocenters. The van der Waals surface area contributed by atoms with Crippen LogP contribution in [0.2, 0.25) is 0 Å². The summed E-state index contributed by atoms with van der Waals surface area (Å²) in [6.07, 6.45) is 0. The number of rotatable bonds is 6. The summed E-state index contributed by atoms with van der Waals surface area (Å²) >= 11 is 0. The van der Waals surface area contributed by atoms with Crippen LogP contribution in [-0.4, -0.2) is 32.4 Å². The first-order chi connectivity index (χ1) is 12.3. The topological polar surface area (TPSA) is 91.1 Å². The first kappa shape index (κ1) is 18.2. The van der Waals surface area contributed by atoms with Crippen LogP contribution in [0.5, 0.6) is 0 Å². The Morgan fingerprint density at radius 3 is 2.38 bits per heavy atom. The Bertz CT molecular complexity index is 1040. The highest BCUT2D eigenvalue weighted by atomic mass is 32.2. The van der Waals surface area contributed by atoms with Crippen molar-refractivity contribution in [2.75, 3.05) is 13.1 Å². The average molecular weight is 371 g/mol. The molecule has 0 radical (unpaired) electrons. The van der Waals surface area contributed by atoms with Crippen molar-refractivity contribution in [3.8, 4) is 0 Å². The molecule has 3 N–H and O–H groups in total. The second-order valence-electron chi connectivity index (χ2n) is 6.24. The largest absolute Gasteiger partial charge is 0.351 e. The van der Waals surface area contributed by atoms with Crippen LogP contribution in [0.25, 0.3) is 10.9 Å². The number of benzene rings is 2. The van der Waals surface area contributed by atoms with Crippen LogP contribution in [0.3, 0.4) is 0 Å². The van der Waals surface area contributed by atoms with E-state index in [9.17, 15) is 13.2 Å². The molecule has 26 heavy (non-hydrogen) atoms. The standard InChI is InChI=1S/C19H21N3O3S/c1-13-4-7-16(8-5-13)26(24,25)21-10-9-20-19(23)18-12-15-6-3-14(2)11-17(15)22-18/h3-8,11-12,21-22H,9-10H2,1-2H3,(H,20,23). The smallest absolute Gasteiger partial charge is 0.267 e. The minimum Gasteiger partial charge on any atom is -0.351 e. The summed E-state index contributed by atoms with van der Waals surface area (Å²) in [4.78, 5) is 15.5. The third kappa shape index (κ3) is 4.12. The lowest BCUT2D eigenvalue weighted by Crippen LogP contribution is -2.34. The number of nitrogens with one attached hydrogen (secondary N) is 3. The van der Waals surface area contributed by atoms with Crippen LogP contribution in [0.15, 0.2) is 53.4 Å². The highest BCUT2D eigenvalue weighted by Crippen LogP contribution is 2.16. The van der Waals surface area contributed by atoms with E-state index < -0.39 is 10.0 Å². The Balaban J connectivity index is 1.55. The highest BCUT2D eigenvalue weighted by Gasteiger charge is 2.13. The Hall–Kier alpha value is -2.64. The molecule has 0 fully saturated rings. The zero-order chi connectivity index (χ0) is 18.7. The molecule has 2 aromatic carbocycles. The van der Waals surface area contributed by atoms with Gasteiger partial charge in [-0.15, -0.1) is 0 Å². The number of hydrogen-bond acceptors (Lipinski definition) is 3. The predicted molar refractivity (Wildman–Crippen MR) is 102 cm³/mol. The van der Waals surface area contributed by atoms with Gasteiger partial charge < -0.3 is 10.3 Å². The Morgan fingerprint density at radius 2 is 1.65 bits per heavy atom. The number of H-pyrrole nitrogens is 1. The molecule has 0 aliphatic carbocycles. The molecule has 1 amide bonds. The Labute approximate surface area is 152 Å². The van der Waals surface area contributed by atoms with E-state index >= 15 is 0 Å². The van der Waals surface area contributed by atoms with Gasteiger partial charge in [-0.25, -0.2) is 13.1 Å². The van der Waals surface area contributed by atoms with E-state index in [-0.39, 0.29) is 23.9 Å². The van der Waals surface area contributed by atoms with Gasteiger partial charge in [-0.1, -0.05) is 29.8 Å².